The molecular formula is C19H35NO3. The molecular weight excluding hydrogens is 290 g/mol. The molecule has 0 bridgehead atoms. The maximum Gasteiger partial charge on any atom is 0.326 e. The largest absolute Gasteiger partial charge is 0.480 e. The molecule has 0 aliphatic carbocycles. The summed E-state index contributed by atoms with van der Waals surface area (Å²) in [5.74, 6) is -0.819. The number of rotatable bonds is 13. The zero-order chi connectivity index (χ0) is 16.9. The zero-order valence-electron chi connectivity index (χ0n) is 14.9. The Bertz CT molecular complexity index is 344. The predicted molar refractivity (Wildman–Crippen MR) is 93.4 cm³/mol. The van der Waals surface area contributed by atoms with E-state index in [2.05, 4.69) is 6.92 Å². The monoisotopic (exact) mass is 325 g/mol. The summed E-state index contributed by atoms with van der Waals surface area (Å²) in [6.45, 7) is 2.87. The first-order chi connectivity index (χ1) is 11.2. The Hall–Kier alpha value is -1.06. The minimum atomic E-state index is -0.852. The molecule has 1 aliphatic heterocycles. The normalized spacial score (nSPS) is 17.6. The highest BCUT2D eigenvalue weighted by atomic mass is 16.4. The Labute approximate surface area is 141 Å². The van der Waals surface area contributed by atoms with Crippen molar-refractivity contribution in [1.29, 1.82) is 0 Å². The van der Waals surface area contributed by atoms with Gasteiger partial charge < -0.3 is 10.0 Å². The van der Waals surface area contributed by atoms with Crippen LogP contribution in [0.5, 0.6) is 0 Å². The van der Waals surface area contributed by atoms with Crippen molar-refractivity contribution in [2.24, 2.45) is 0 Å². The van der Waals surface area contributed by atoms with Crippen LogP contribution >= 0.6 is 0 Å². The fourth-order valence-corrected chi connectivity index (χ4v) is 3.41. The molecule has 1 fully saturated rings. The molecule has 1 heterocycles. The SMILES string of the molecule is CCCCCCCCCCCCCC(=O)N1CCCC1C(=O)O. The van der Waals surface area contributed by atoms with Gasteiger partial charge in [0.25, 0.3) is 0 Å². The third-order valence-corrected chi connectivity index (χ3v) is 4.85. The number of likely N-dealkylation sites (tertiary alicyclic amines) is 1. The molecule has 1 saturated heterocycles. The lowest BCUT2D eigenvalue weighted by atomic mass is 10.1. The van der Waals surface area contributed by atoms with Crippen molar-refractivity contribution in [3.05, 3.63) is 0 Å². The molecule has 0 spiro atoms. The highest BCUT2D eigenvalue weighted by molar-refractivity contribution is 5.84. The second kappa shape index (κ2) is 12.4. The van der Waals surface area contributed by atoms with Gasteiger partial charge in [-0.1, -0.05) is 71.1 Å². The smallest absolute Gasteiger partial charge is 0.326 e. The van der Waals surface area contributed by atoms with Crippen molar-refractivity contribution in [2.75, 3.05) is 6.54 Å². The summed E-state index contributed by atoms with van der Waals surface area (Å²) in [5.41, 5.74) is 0. The number of aliphatic carboxylic acids is 1. The molecule has 0 aromatic carbocycles. The van der Waals surface area contributed by atoms with Gasteiger partial charge in [0, 0.05) is 13.0 Å². The number of nitrogens with zero attached hydrogens (tertiary/aromatic N) is 1. The standard InChI is InChI=1S/C19H35NO3/c1-2-3-4-5-6-7-8-9-10-11-12-15-18(21)20-16-13-14-17(20)19(22)23/h17H,2-16H2,1H3,(H,22,23). The first-order valence-corrected chi connectivity index (χ1v) is 9.69. The minimum absolute atomic E-state index is 0.0332. The fraction of sp³-hybridized carbons (Fsp3) is 0.895. The molecule has 4 nitrogen and oxygen atoms in total. The van der Waals surface area contributed by atoms with E-state index in [0.717, 1.165) is 19.3 Å². The lowest BCUT2D eigenvalue weighted by Gasteiger charge is -2.21. The Morgan fingerprint density at radius 1 is 0.913 bits per heavy atom. The van der Waals surface area contributed by atoms with Gasteiger partial charge in [0.05, 0.1) is 0 Å². The number of amides is 1. The van der Waals surface area contributed by atoms with E-state index in [1.54, 1.807) is 4.90 Å². The van der Waals surface area contributed by atoms with Crippen LogP contribution < -0.4 is 0 Å². The maximum absolute atomic E-state index is 12.1. The van der Waals surface area contributed by atoms with E-state index in [1.807, 2.05) is 0 Å². The van der Waals surface area contributed by atoms with Crippen molar-refractivity contribution >= 4 is 11.9 Å². The van der Waals surface area contributed by atoms with Crippen molar-refractivity contribution < 1.29 is 14.7 Å². The van der Waals surface area contributed by atoms with Gasteiger partial charge in [-0.3, -0.25) is 4.79 Å². The first-order valence-electron chi connectivity index (χ1n) is 9.69. The summed E-state index contributed by atoms with van der Waals surface area (Å²) < 4.78 is 0. The van der Waals surface area contributed by atoms with Crippen LogP contribution in [-0.2, 0) is 9.59 Å². The van der Waals surface area contributed by atoms with E-state index < -0.39 is 12.0 Å². The van der Waals surface area contributed by atoms with Gasteiger partial charge >= 0.3 is 5.97 Å². The lowest BCUT2D eigenvalue weighted by Crippen LogP contribution is -2.40. The molecule has 1 atom stereocenters. The molecule has 0 saturated carbocycles. The number of unbranched alkanes of at least 4 members (excludes halogenated alkanes) is 10. The summed E-state index contributed by atoms with van der Waals surface area (Å²) >= 11 is 0. The van der Waals surface area contributed by atoms with Crippen LogP contribution in [0.25, 0.3) is 0 Å². The van der Waals surface area contributed by atoms with Crippen LogP contribution in [0.4, 0.5) is 0 Å². The van der Waals surface area contributed by atoms with Crippen LogP contribution in [0.2, 0.25) is 0 Å². The molecule has 1 unspecified atom stereocenters. The first kappa shape index (κ1) is 20.0. The van der Waals surface area contributed by atoms with E-state index in [9.17, 15) is 9.59 Å². The quantitative estimate of drug-likeness (QED) is 0.497. The molecule has 23 heavy (non-hydrogen) atoms. The third-order valence-electron chi connectivity index (χ3n) is 4.85. The number of carbonyl (C=O) groups excluding carboxylic acids is 1. The van der Waals surface area contributed by atoms with Crippen LogP contribution in [0.1, 0.15) is 96.8 Å². The van der Waals surface area contributed by atoms with Gasteiger partial charge in [0.2, 0.25) is 5.91 Å². The predicted octanol–water partition coefficient (Wildman–Crippen LogP) is 4.76. The Kier molecular flexibility index (Phi) is 10.8. The molecule has 1 N–H and O–H groups in total. The molecule has 0 radical (unpaired) electrons. The van der Waals surface area contributed by atoms with Crippen molar-refractivity contribution in [3.63, 3.8) is 0 Å². The topological polar surface area (TPSA) is 57.6 Å². The zero-order valence-corrected chi connectivity index (χ0v) is 14.9. The van der Waals surface area contributed by atoms with Crippen molar-refractivity contribution in [1.82, 2.24) is 4.90 Å². The second-order valence-electron chi connectivity index (χ2n) is 6.87. The van der Waals surface area contributed by atoms with Crippen LogP contribution in [0.15, 0.2) is 0 Å². The number of hydrogen-bond acceptors (Lipinski definition) is 2. The average molecular weight is 325 g/mol. The molecule has 0 aromatic heterocycles. The van der Waals surface area contributed by atoms with E-state index in [4.69, 9.17) is 5.11 Å². The van der Waals surface area contributed by atoms with Gasteiger partial charge in [-0.05, 0) is 19.3 Å². The summed E-state index contributed by atoms with van der Waals surface area (Å²) in [5, 5.41) is 9.10. The van der Waals surface area contributed by atoms with Crippen LogP contribution in [0, 0.1) is 0 Å². The number of hydrogen-bond donors (Lipinski definition) is 1. The van der Waals surface area contributed by atoms with E-state index in [-0.39, 0.29) is 5.91 Å². The maximum atomic E-state index is 12.1. The fourth-order valence-electron chi connectivity index (χ4n) is 3.41. The van der Waals surface area contributed by atoms with E-state index >= 15 is 0 Å². The molecule has 4 heteroatoms. The highest BCUT2D eigenvalue weighted by Crippen LogP contribution is 2.19. The number of carboxylic acids is 1. The Morgan fingerprint density at radius 2 is 1.43 bits per heavy atom. The van der Waals surface area contributed by atoms with E-state index in [1.165, 1.54) is 57.8 Å². The number of carboxylic acid groups (broad SMARTS) is 1. The average Bonchev–Trinajstić information content (AvgIpc) is 3.02. The highest BCUT2D eigenvalue weighted by Gasteiger charge is 2.33. The lowest BCUT2D eigenvalue weighted by molar-refractivity contribution is -0.148. The molecule has 1 rings (SSSR count). The molecule has 134 valence electrons. The van der Waals surface area contributed by atoms with Gasteiger partial charge in [-0.2, -0.15) is 0 Å². The minimum Gasteiger partial charge on any atom is -0.480 e. The Balaban J connectivity index is 1.94. The van der Waals surface area contributed by atoms with Gasteiger partial charge in [-0.15, -0.1) is 0 Å². The van der Waals surface area contributed by atoms with Gasteiger partial charge in [-0.25, -0.2) is 4.79 Å². The Morgan fingerprint density at radius 3 is 1.96 bits per heavy atom. The third kappa shape index (κ3) is 8.38. The van der Waals surface area contributed by atoms with Crippen LogP contribution in [0.3, 0.4) is 0 Å². The molecule has 1 amide bonds. The number of carbonyl (C=O) groups is 2. The summed E-state index contributed by atoms with van der Waals surface area (Å²) in [7, 11) is 0. The summed E-state index contributed by atoms with van der Waals surface area (Å²) in [6, 6.07) is -0.574. The van der Waals surface area contributed by atoms with E-state index in [0.29, 0.717) is 19.4 Å². The second-order valence-corrected chi connectivity index (χ2v) is 6.87. The summed E-state index contributed by atoms with van der Waals surface area (Å²) in [6.07, 6.45) is 15.9. The van der Waals surface area contributed by atoms with Gasteiger partial charge in [0.1, 0.15) is 6.04 Å². The van der Waals surface area contributed by atoms with Crippen molar-refractivity contribution in [2.45, 2.75) is 103 Å². The van der Waals surface area contributed by atoms with Crippen LogP contribution in [-0.4, -0.2) is 34.5 Å². The molecule has 1 aliphatic rings. The van der Waals surface area contributed by atoms with Crippen molar-refractivity contribution in [3.8, 4) is 0 Å². The molecule has 0 aromatic rings. The van der Waals surface area contributed by atoms with Gasteiger partial charge in [0.15, 0.2) is 0 Å². The summed E-state index contributed by atoms with van der Waals surface area (Å²) in [4.78, 5) is 24.7.